The fourth-order valence-electron chi connectivity index (χ4n) is 3.82. The van der Waals surface area contributed by atoms with Crippen molar-refractivity contribution >= 4 is 29.3 Å². The average molecular weight is 588 g/mol. The number of nitrogens with zero attached hydrogens (tertiary/aromatic N) is 2. The minimum atomic E-state index is -4.68. The molecule has 0 fully saturated rings. The van der Waals surface area contributed by atoms with Crippen molar-refractivity contribution < 1.29 is 27.5 Å². The Kier molecular flexibility index (Phi) is 9.94. The van der Waals surface area contributed by atoms with Crippen LogP contribution < -0.4 is 27.2 Å². The molecule has 0 unspecified atom stereocenters. The van der Waals surface area contributed by atoms with Crippen LogP contribution >= 0.6 is 0 Å². The smallest absolute Gasteiger partial charge is 0.416 e. The van der Waals surface area contributed by atoms with E-state index in [0.29, 0.717) is 11.1 Å². The maximum absolute atomic E-state index is 13.4. The largest absolute Gasteiger partial charge is 0.447 e. The number of amides is 2. The second-order valence-corrected chi connectivity index (χ2v) is 9.95. The molecule has 224 valence electrons. The zero-order valence-corrected chi connectivity index (χ0v) is 23.4. The summed E-state index contributed by atoms with van der Waals surface area (Å²) in [6, 6.07) is 9.14. The summed E-state index contributed by atoms with van der Waals surface area (Å²) in [5.41, 5.74) is 4.86. The summed E-state index contributed by atoms with van der Waals surface area (Å²) in [7, 11) is 0. The summed E-state index contributed by atoms with van der Waals surface area (Å²) in [6.07, 6.45) is -4.56. The topological polar surface area (TPSA) is 164 Å². The number of benzene rings is 2. The number of nitrogen functional groups attached to an aromatic ring is 1. The van der Waals surface area contributed by atoms with Crippen molar-refractivity contribution in [2.45, 2.75) is 59.1 Å². The van der Waals surface area contributed by atoms with Crippen LogP contribution in [-0.4, -0.2) is 39.5 Å². The van der Waals surface area contributed by atoms with Gasteiger partial charge in [0.15, 0.2) is 5.82 Å². The van der Waals surface area contributed by atoms with Crippen LogP contribution in [0.25, 0.3) is 11.3 Å². The van der Waals surface area contributed by atoms with Crippen LogP contribution in [0.3, 0.4) is 0 Å². The van der Waals surface area contributed by atoms with E-state index >= 15 is 0 Å². The maximum atomic E-state index is 13.4. The number of anilines is 2. The van der Waals surface area contributed by atoms with Crippen molar-refractivity contribution in [2.24, 2.45) is 0 Å². The Balaban J connectivity index is 1.80. The van der Waals surface area contributed by atoms with Crippen LogP contribution in [0, 0.1) is 5.41 Å². The van der Waals surface area contributed by atoms with Crippen molar-refractivity contribution in [1.29, 1.82) is 5.41 Å². The highest BCUT2D eigenvalue weighted by molar-refractivity contribution is 6.04. The number of halogens is 3. The molecule has 2 amide bonds. The molecule has 6 N–H and O–H groups in total. The monoisotopic (exact) mass is 587 g/mol. The summed E-state index contributed by atoms with van der Waals surface area (Å²) in [6.45, 7) is 6.46. The van der Waals surface area contributed by atoms with Crippen LogP contribution in [0.2, 0.25) is 0 Å². The second kappa shape index (κ2) is 13.2. The van der Waals surface area contributed by atoms with Crippen LogP contribution in [-0.2, 0) is 28.8 Å². The number of aromatic nitrogens is 2. The number of nitrogens with two attached hydrogens (primary N) is 1. The van der Waals surface area contributed by atoms with Gasteiger partial charge in [0.05, 0.1) is 23.6 Å². The molecule has 0 aliphatic rings. The molecule has 2 aromatic carbocycles. The molecule has 1 heterocycles. The quantitative estimate of drug-likeness (QED) is 0.143. The first-order chi connectivity index (χ1) is 19.6. The molecule has 14 heteroatoms. The van der Waals surface area contributed by atoms with E-state index in [1.54, 1.807) is 52.0 Å². The number of carbonyl (C=O) groups excluding carboxylic acids is 2. The van der Waals surface area contributed by atoms with Gasteiger partial charge in [-0.05, 0) is 51.5 Å². The van der Waals surface area contributed by atoms with E-state index in [-0.39, 0.29) is 47.3 Å². The molecule has 42 heavy (non-hydrogen) atoms. The molecule has 0 radical (unpaired) electrons. The van der Waals surface area contributed by atoms with Crippen molar-refractivity contribution in [3.63, 3.8) is 0 Å². The highest BCUT2D eigenvalue weighted by Crippen LogP contribution is 2.34. The lowest BCUT2D eigenvalue weighted by molar-refractivity contribution is -0.137. The second-order valence-electron chi connectivity index (χ2n) is 9.95. The number of ether oxygens (including phenoxy) is 1. The van der Waals surface area contributed by atoms with E-state index in [0.717, 1.165) is 16.7 Å². The predicted octanol–water partition coefficient (Wildman–Crippen LogP) is 4.11. The van der Waals surface area contributed by atoms with Gasteiger partial charge in [-0.2, -0.15) is 13.2 Å². The molecular weight excluding hydrogens is 555 g/mol. The van der Waals surface area contributed by atoms with Crippen molar-refractivity contribution in [2.75, 3.05) is 11.1 Å². The van der Waals surface area contributed by atoms with Gasteiger partial charge in [0.1, 0.15) is 12.4 Å². The molecule has 0 aliphatic heterocycles. The van der Waals surface area contributed by atoms with Gasteiger partial charge < -0.3 is 21.1 Å². The first-order valence-electron chi connectivity index (χ1n) is 12.9. The maximum Gasteiger partial charge on any atom is 0.416 e. The summed E-state index contributed by atoms with van der Waals surface area (Å²) < 4.78 is 46.3. The van der Waals surface area contributed by atoms with E-state index in [1.165, 1.54) is 12.3 Å². The first kappa shape index (κ1) is 31.6. The van der Waals surface area contributed by atoms with Gasteiger partial charge >= 0.3 is 12.3 Å². The van der Waals surface area contributed by atoms with Crippen LogP contribution in [0.1, 0.15) is 44.4 Å². The Morgan fingerprint density at radius 1 is 1.10 bits per heavy atom. The molecule has 3 aromatic rings. The molecule has 0 saturated carbocycles. The standard InChI is InChI=1S/C28H32F3N7O4/c1-15(2)36-25-26(40)38(22(13-35-25)19-9-20(28(29,30)31)11-21(32)10-19)14-23(39)34-12-17-5-7-18(8-6-17)24(33)37-27(41)42-16(3)4/h5-11,13,15-16H,12,14,32H2,1-4H3,(H,34,39)(H,35,36)(H2,33,37,41). The number of hydrogen-bond donors (Lipinski definition) is 5. The first-order valence-corrected chi connectivity index (χ1v) is 12.9. The molecule has 11 nitrogen and oxygen atoms in total. The number of alkyl halides is 3. The third-order valence-electron chi connectivity index (χ3n) is 5.66. The van der Waals surface area contributed by atoms with Gasteiger partial charge in [-0.3, -0.25) is 24.9 Å². The lowest BCUT2D eigenvalue weighted by atomic mass is 10.1. The third kappa shape index (κ3) is 8.56. The van der Waals surface area contributed by atoms with Crippen molar-refractivity contribution in [3.8, 4) is 11.3 Å². The van der Waals surface area contributed by atoms with E-state index < -0.39 is 35.8 Å². The summed E-state index contributed by atoms with van der Waals surface area (Å²) in [5, 5.41) is 15.9. The van der Waals surface area contributed by atoms with Gasteiger partial charge in [-0.1, -0.05) is 24.3 Å². The number of nitrogens with one attached hydrogen (secondary N) is 4. The molecule has 0 saturated heterocycles. The van der Waals surface area contributed by atoms with E-state index in [1.807, 2.05) is 0 Å². The molecule has 1 aromatic heterocycles. The fraction of sp³-hybridized carbons (Fsp3) is 0.321. The fourth-order valence-corrected chi connectivity index (χ4v) is 3.82. The Morgan fingerprint density at radius 3 is 2.36 bits per heavy atom. The number of rotatable bonds is 9. The summed E-state index contributed by atoms with van der Waals surface area (Å²) >= 11 is 0. The zero-order valence-electron chi connectivity index (χ0n) is 23.4. The zero-order chi connectivity index (χ0) is 31.2. The summed E-state index contributed by atoms with van der Waals surface area (Å²) in [5.74, 6) is -0.817. The SMILES string of the molecule is CC(C)Nc1ncc(-c2cc(N)cc(C(F)(F)F)c2)n(CC(=O)NCc2ccc(C(=N)NC(=O)OC(C)C)cc2)c1=O. The highest BCUT2D eigenvalue weighted by Gasteiger charge is 2.31. The van der Waals surface area contributed by atoms with E-state index in [9.17, 15) is 27.6 Å². The van der Waals surface area contributed by atoms with Crippen molar-refractivity contribution in [1.82, 2.24) is 20.2 Å². The van der Waals surface area contributed by atoms with Crippen molar-refractivity contribution in [3.05, 3.63) is 75.7 Å². The van der Waals surface area contributed by atoms with Gasteiger partial charge in [0, 0.05) is 29.4 Å². The van der Waals surface area contributed by atoms with E-state index in [2.05, 4.69) is 20.9 Å². The normalized spacial score (nSPS) is 11.4. The average Bonchev–Trinajstić information content (AvgIpc) is 2.88. The Labute approximate surface area is 239 Å². The predicted molar refractivity (Wildman–Crippen MR) is 152 cm³/mol. The van der Waals surface area contributed by atoms with Gasteiger partial charge in [-0.25, -0.2) is 9.78 Å². The van der Waals surface area contributed by atoms with Crippen LogP contribution in [0.5, 0.6) is 0 Å². The molecule has 0 spiro atoms. The number of amidine groups is 1. The number of hydrogen-bond acceptors (Lipinski definition) is 8. The lowest BCUT2D eigenvalue weighted by Gasteiger charge is -2.17. The van der Waals surface area contributed by atoms with Crippen LogP contribution in [0.15, 0.2) is 53.5 Å². The Hall–Kier alpha value is -4.88. The van der Waals surface area contributed by atoms with E-state index in [4.69, 9.17) is 15.9 Å². The minimum Gasteiger partial charge on any atom is -0.447 e. The molecule has 3 rings (SSSR count). The number of alkyl carbamates (subject to hydrolysis) is 1. The van der Waals surface area contributed by atoms with Gasteiger partial charge in [0.2, 0.25) is 5.91 Å². The molecular formula is C28H32F3N7O4. The Morgan fingerprint density at radius 2 is 1.76 bits per heavy atom. The number of carbonyl (C=O) groups is 2. The van der Waals surface area contributed by atoms with Gasteiger partial charge in [-0.15, -0.1) is 0 Å². The minimum absolute atomic E-state index is 0.0198. The summed E-state index contributed by atoms with van der Waals surface area (Å²) in [4.78, 5) is 42.0. The molecule has 0 aliphatic carbocycles. The van der Waals surface area contributed by atoms with Crippen LogP contribution in [0.4, 0.5) is 29.5 Å². The highest BCUT2D eigenvalue weighted by atomic mass is 19.4. The Bertz CT molecular complexity index is 1520. The molecule has 0 atom stereocenters. The molecule has 0 bridgehead atoms. The lowest BCUT2D eigenvalue weighted by Crippen LogP contribution is -2.35. The van der Waals surface area contributed by atoms with Gasteiger partial charge in [0.25, 0.3) is 5.56 Å². The third-order valence-corrected chi connectivity index (χ3v) is 5.66.